The summed E-state index contributed by atoms with van der Waals surface area (Å²) in [5, 5.41) is 7.20. The molecule has 0 atom stereocenters. The normalized spacial score (nSPS) is 11.7. The lowest BCUT2D eigenvalue weighted by Gasteiger charge is -2.13. The molecular weight excluding hydrogens is 615 g/mol. The van der Waals surface area contributed by atoms with E-state index in [1.54, 1.807) is 0 Å². The molecule has 49 heavy (non-hydrogen) atoms. The van der Waals surface area contributed by atoms with Crippen LogP contribution in [0.25, 0.3) is 97.8 Å². The Labute approximate surface area is 286 Å². The minimum Gasteiger partial charge on any atom is -0.247 e. The number of pyridine rings is 1. The maximum absolute atomic E-state index is 5.29. The van der Waals surface area contributed by atoms with Gasteiger partial charge in [0, 0.05) is 58.4 Å². The lowest BCUT2D eigenvalue weighted by molar-refractivity contribution is 1.23. The van der Waals surface area contributed by atoms with Crippen LogP contribution in [0, 0.1) is 0 Å². The summed E-state index contributed by atoms with van der Waals surface area (Å²) in [7, 11) is 0. The third kappa shape index (κ3) is 4.61. The van der Waals surface area contributed by atoms with Gasteiger partial charge in [-0.05, 0) is 41.5 Å². The average Bonchev–Trinajstić information content (AvgIpc) is 3.56. The van der Waals surface area contributed by atoms with Crippen LogP contribution in [0.5, 0.6) is 0 Å². The van der Waals surface area contributed by atoms with Crippen molar-refractivity contribution in [1.82, 2.24) is 15.0 Å². The van der Waals surface area contributed by atoms with Gasteiger partial charge in [-0.1, -0.05) is 133 Å². The SMILES string of the molecule is c1ccc(-c2cccc(-c3nc(-c4cccc(-c5nc6ccccc6c6c5ccc5c7ccccc7sc56)c4)nc4ccccc34)c2)cc1. The molecule has 3 nitrogen and oxygen atoms in total. The Bertz CT molecular complexity index is 2890. The second-order valence-corrected chi connectivity index (χ2v) is 13.4. The summed E-state index contributed by atoms with van der Waals surface area (Å²) in [5.74, 6) is 0.692. The van der Waals surface area contributed by atoms with Crippen molar-refractivity contribution in [2.45, 2.75) is 0 Å². The first-order valence-corrected chi connectivity index (χ1v) is 17.3. The van der Waals surface area contributed by atoms with Crippen LogP contribution in [0.1, 0.15) is 0 Å². The Morgan fingerprint density at radius 2 is 0.918 bits per heavy atom. The van der Waals surface area contributed by atoms with E-state index in [4.69, 9.17) is 15.0 Å². The zero-order chi connectivity index (χ0) is 32.3. The highest BCUT2D eigenvalue weighted by molar-refractivity contribution is 7.26. The zero-order valence-electron chi connectivity index (χ0n) is 26.3. The molecule has 10 aromatic rings. The molecule has 10 rings (SSSR count). The van der Waals surface area contributed by atoms with Gasteiger partial charge < -0.3 is 0 Å². The number of hydrogen-bond acceptors (Lipinski definition) is 4. The summed E-state index contributed by atoms with van der Waals surface area (Å²) in [5.41, 5.74) is 9.18. The van der Waals surface area contributed by atoms with Gasteiger partial charge in [0.15, 0.2) is 5.82 Å². The zero-order valence-corrected chi connectivity index (χ0v) is 27.2. The Kier molecular flexibility index (Phi) is 6.36. The molecule has 0 saturated heterocycles. The van der Waals surface area contributed by atoms with E-state index < -0.39 is 0 Å². The van der Waals surface area contributed by atoms with Crippen molar-refractivity contribution in [2.75, 3.05) is 0 Å². The van der Waals surface area contributed by atoms with E-state index in [0.717, 1.165) is 55.4 Å². The first-order chi connectivity index (χ1) is 24.3. The van der Waals surface area contributed by atoms with Crippen LogP contribution in [-0.2, 0) is 0 Å². The maximum atomic E-state index is 5.29. The van der Waals surface area contributed by atoms with Crippen LogP contribution >= 0.6 is 11.3 Å². The van der Waals surface area contributed by atoms with E-state index in [9.17, 15) is 0 Å². The van der Waals surface area contributed by atoms with Gasteiger partial charge in [-0.15, -0.1) is 11.3 Å². The van der Waals surface area contributed by atoms with Gasteiger partial charge in [-0.25, -0.2) is 15.0 Å². The molecule has 0 saturated carbocycles. The molecule has 0 amide bonds. The van der Waals surface area contributed by atoms with E-state index in [2.05, 4.69) is 152 Å². The number of hydrogen-bond donors (Lipinski definition) is 0. The lowest BCUT2D eigenvalue weighted by atomic mass is 9.97. The van der Waals surface area contributed by atoms with Gasteiger partial charge in [-0.3, -0.25) is 0 Å². The smallest absolute Gasteiger partial charge is 0.160 e. The third-order valence-corrected chi connectivity index (χ3v) is 10.7. The van der Waals surface area contributed by atoms with E-state index in [1.165, 1.54) is 36.5 Å². The van der Waals surface area contributed by atoms with Gasteiger partial charge in [0.25, 0.3) is 0 Å². The maximum Gasteiger partial charge on any atom is 0.160 e. The average molecular weight is 642 g/mol. The van der Waals surface area contributed by atoms with Crippen LogP contribution in [0.15, 0.2) is 164 Å². The van der Waals surface area contributed by atoms with Gasteiger partial charge in [-0.2, -0.15) is 0 Å². The molecule has 4 heteroatoms. The number of nitrogens with zero attached hydrogens (tertiary/aromatic N) is 3. The van der Waals surface area contributed by atoms with Crippen molar-refractivity contribution in [3.63, 3.8) is 0 Å². The molecule has 3 aromatic heterocycles. The fourth-order valence-corrected chi connectivity index (χ4v) is 8.41. The van der Waals surface area contributed by atoms with Gasteiger partial charge in [0.1, 0.15) is 0 Å². The van der Waals surface area contributed by atoms with Crippen LogP contribution in [0.3, 0.4) is 0 Å². The number of para-hydroxylation sites is 2. The van der Waals surface area contributed by atoms with Crippen molar-refractivity contribution < 1.29 is 0 Å². The molecular formula is C45H27N3S. The summed E-state index contributed by atoms with van der Waals surface area (Å²) in [6, 6.07) is 57.7. The standard InChI is InChI=1S/C45H27N3S/c1-2-12-28(13-3-1)29-14-10-15-30(26-29)42-36-20-5-8-22-39(36)47-45(48-42)32-17-11-16-31(27-32)43-37-25-24-34-33-18-6-9-23-40(33)49-44(34)41(37)35-19-4-7-21-38(35)46-43/h1-27H. The Morgan fingerprint density at radius 1 is 0.347 bits per heavy atom. The number of thiophene rings is 1. The van der Waals surface area contributed by atoms with Crippen LogP contribution in [0.4, 0.5) is 0 Å². The highest BCUT2D eigenvalue weighted by Crippen LogP contribution is 2.43. The van der Waals surface area contributed by atoms with Gasteiger partial charge >= 0.3 is 0 Å². The molecule has 0 aliphatic heterocycles. The molecule has 0 unspecified atom stereocenters. The van der Waals surface area contributed by atoms with Crippen molar-refractivity contribution in [1.29, 1.82) is 0 Å². The molecule has 0 bridgehead atoms. The highest BCUT2D eigenvalue weighted by atomic mass is 32.1. The lowest BCUT2D eigenvalue weighted by Crippen LogP contribution is -1.96. The third-order valence-electron chi connectivity index (χ3n) is 9.45. The minimum absolute atomic E-state index is 0.692. The Balaban J connectivity index is 1.17. The molecule has 0 N–H and O–H groups in total. The van der Waals surface area contributed by atoms with Crippen molar-refractivity contribution >= 4 is 64.1 Å². The van der Waals surface area contributed by atoms with Crippen LogP contribution < -0.4 is 0 Å². The van der Waals surface area contributed by atoms with Gasteiger partial charge in [0.05, 0.1) is 22.4 Å². The quantitative estimate of drug-likeness (QED) is 0.180. The second-order valence-electron chi connectivity index (χ2n) is 12.4. The Morgan fingerprint density at radius 3 is 1.73 bits per heavy atom. The first-order valence-electron chi connectivity index (χ1n) is 16.4. The fourth-order valence-electron chi connectivity index (χ4n) is 7.14. The number of rotatable bonds is 4. The van der Waals surface area contributed by atoms with Gasteiger partial charge in [0.2, 0.25) is 0 Å². The highest BCUT2D eigenvalue weighted by Gasteiger charge is 2.18. The molecule has 7 aromatic carbocycles. The van der Waals surface area contributed by atoms with Crippen LogP contribution in [0.2, 0.25) is 0 Å². The topological polar surface area (TPSA) is 38.7 Å². The molecule has 0 spiro atoms. The summed E-state index contributed by atoms with van der Waals surface area (Å²) in [6.45, 7) is 0. The molecule has 0 aliphatic carbocycles. The van der Waals surface area contributed by atoms with E-state index in [-0.39, 0.29) is 0 Å². The summed E-state index contributed by atoms with van der Waals surface area (Å²) >= 11 is 1.86. The van der Waals surface area contributed by atoms with E-state index in [0.29, 0.717) is 5.82 Å². The molecule has 3 heterocycles. The largest absolute Gasteiger partial charge is 0.247 e. The monoisotopic (exact) mass is 641 g/mol. The summed E-state index contributed by atoms with van der Waals surface area (Å²) in [4.78, 5) is 15.6. The first kappa shape index (κ1) is 27.8. The predicted molar refractivity (Wildman–Crippen MR) is 207 cm³/mol. The second kappa shape index (κ2) is 11.2. The molecule has 0 aliphatic rings. The number of aromatic nitrogens is 3. The summed E-state index contributed by atoms with van der Waals surface area (Å²) < 4.78 is 2.60. The predicted octanol–water partition coefficient (Wildman–Crippen LogP) is 12.4. The van der Waals surface area contributed by atoms with Crippen LogP contribution in [-0.4, -0.2) is 15.0 Å². The molecule has 0 radical (unpaired) electrons. The number of fused-ring (bicyclic) bond motifs is 8. The molecule has 0 fully saturated rings. The fraction of sp³-hybridized carbons (Fsp3) is 0. The summed E-state index contributed by atoms with van der Waals surface area (Å²) in [6.07, 6.45) is 0. The van der Waals surface area contributed by atoms with Crippen molar-refractivity contribution in [3.05, 3.63) is 164 Å². The van der Waals surface area contributed by atoms with Crippen molar-refractivity contribution in [2.24, 2.45) is 0 Å². The van der Waals surface area contributed by atoms with Crippen molar-refractivity contribution in [3.8, 4) is 45.0 Å². The van der Waals surface area contributed by atoms with E-state index >= 15 is 0 Å². The minimum atomic E-state index is 0.692. The molecule has 228 valence electrons. The number of benzene rings is 7. The Hall–Kier alpha value is -6.23. The van der Waals surface area contributed by atoms with E-state index in [1.807, 2.05) is 23.5 Å².